The zero-order valence-electron chi connectivity index (χ0n) is 10.6. The molecule has 0 radical (unpaired) electrons. The van der Waals surface area contributed by atoms with Gasteiger partial charge in [0.05, 0.1) is 17.8 Å². The monoisotopic (exact) mass is 256 g/mol. The highest BCUT2D eigenvalue weighted by Crippen LogP contribution is 2.22. The van der Waals surface area contributed by atoms with E-state index in [1.807, 2.05) is 10.7 Å². The molecule has 1 aromatic heterocycles. The summed E-state index contributed by atoms with van der Waals surface area (Å²) < 4.78 is 1.83. The van der Waals surface area contributed by atoms with Crippen LogP contribution in [0.5, 0.6) is 0 Å². The van der Waals surface area contributed by atoms with Crippen LogP contribution < -0.4 is 5.73 Å². The fourth-order valence-corrected chi connectivity index (χ4v) is 2.35. The summed E-state index contributed by atoms with van der Waals surface area (Å²) in [4.78, 5) is 13.4. The first-order valence-electron chi connectivity index (χ1n) is 6.32. The van der Waals surface area contributed by atoms with Gasteiger partial charge in [0.2, 0.25) is 0 Å². The molecule has 0 atom stereocenters. The van der Waals surface area contributed by atoms with Gasteiger partial charge in [-0.05, 0) is 5.56 Å². The Morgan fingerprint density at radius 1 is 1.32 bits per heavy atom. The topological polar surface area (TPSA) is 64.2 Å². The Kier molecular flexibility index (Phi) is 3.05. The third-order valence-corrected chi connectivity index (χ3v) is 3.45. The molecule has 5 heteroatoms. The maximum atomic E-state index is 11.0. The molecule has 0 unspecified atom stereocenters. The van der Waals surface area contributed by atoms with Gasteiger partial charge in [-0.1, -0.05) is 30.3 Å². The van der Waals surface area contributed by atoms with Crippen molar-refractivity contribution in [2.24, 2.45) is 5.73 Å². The van der Waals surface area contributed by atoms with Gasteiger partial charge in [0.15, 0.2) is 0 Å². The third kappa shape index (κ3) is 2.51. The summed E-state index contributed by atoms with van der Waals surface area (Å²) >= 11 is 0. The highest BCUT2D eigenvalue weighted by molar-refractivity contribution is 5.92. The van der Waals surface area contributed by atoms with Crippen LogP contribution in [0.3, 0.4) is 0 Å². The van der Waals surface area contributed by atoms with E-state index in [0.29, 0.717) is 11.6 Å². The molecule has 0 saturated carbocycles. The van der Waals surface area contributed by atoms with Gasteiger partial charge in [-0.15, -0.1) is 0 Å². The van der Waals surface area contributed by atoms with Crippen molar-refractivity contribution in [2.75, 3.05) is 13.1 Å². The van der Waals surface area contributed by atoms with Crippen molar-refractivity contribution in [1.29, 1.82) is 0 Å². The Balaban J connectivity index is 1.56. The van der Waals surface area contributed by atoms with E-state index in [-0.39, 0.29) is 0 Å². The normalized spacial score (nSPS) is 16.2. The van der Waals surface area contributed by atoms with E-state index in [1.54, 1.807) is 6.20 Å². The number of carbonyl (C=O) groups excluding carboxylic acids is 1. The fourth-order valence-electron chi connectivity index (χ4n) is 2.35. The molecule has 2 heterocycles. The van der Waals surface area contributed by atoms with Gasteiger partial charge >= 0.3 is 0 Å². The molecular weight excluding hydrogens is 240 g/mol. The van der Waals surface area contributed by atoms with E-state index in [2.05, 4.69) is 34.3 Å². The second-order valence-electron chi connectivity index (χ2n) is 4.91. The SMILES string of the molecule is NC(=O)c1cnn(C2CN(Cc3ccccc3)C2)c1. The maximum Gasteiger partial charge on any atom is 0.251 e. The molecule has 1 amide bonds. The molecule has 0 spiro atoms. The quantitative estimate of drug-likeness (QED) is 0.889. The molecule has 98 valence electrons. The number of benzene rings is 1. The predicted molar refractivity (Wildman–Crippen MR) is 71.5 cm³/mol. The minimum Gasteiger partial charge on any atom is -0.366 e. The van der Waals surface area contributed by atoms with Crippen LogP contribution in [0.25, 0.3) is 0 Å². The second kappa shape index (κ2) is 4.85. The molecule has 19 heavy (non-hydrogen) atoms. The lowest BCUT2D eigenvalue weighted by Gasteiger charge is -2.39. The average molecular weight is 256 g/mol. The van der Waals surface area contributed by atoms with Gasteiger partial charge in [0, 0.05) is 25.8 Å². The summed E-state index contributed by atoms with van der Waals surface area (Å²) in [5, 5.41) is 4.19. The van der Waals surface area contributed by atoms with Crippen LogP contribution in [0.1, 0.15) is 22.0 Å². The Morgan fingerprint density at radius 2 is 2.05 bits per heavy atom. The number of rotatable bonds is 4. The molecule has 2 N–H and O–H groups in total. The number of nitrogens with two attached hydrogens (primary N) is 1. The average Bonchev–Trinajstić information content (AvgIpc) is 2.84. The Bertz CT molecular complexity index is 572. The molecule has 1 saturated heterocycles. The zero-order chi connectivity index (χ0) is 13.2. The molecule has 1 aliphatic heterocycles. The summed E-state index contributed by atoms with van der Waals surface area (Å²) in [7, 11) is 0. The number of hydrogen-bond acceptors (Lipinski definition) is 3. The van der Waals surface area contributed by atoms with Gasteiger partial charge < -0.3 is 5.73 Å². The lowest BCUT2D eigenvalue weighted by atomic mass is 10.1. The van der Waals surface area contributed by atoms with E-state index in [4.69, 9.17) is 5.73 Å². The Morgan fingerprint density at radius 3 is 2.68 bits per heavy atom. The largest absolute Gasteiger partial charge is 0.366 e. The van der Waals surface area contributed by atoms with Crippen LogP contribution in [0, 0.1) is 0 Å². The number of nitrogens with zero attached hydrogens (tertiary/aromatic N) is 3. The molecular formula is C14H16N4O. The number of carbonyl (C=O) groups is 1. The van der Waals surface area contributed by atoms with Gasteiger partial charge in [0.25, 0.3) is 5.91 Å². The van der Waals surface area contributed by atoms with Crippen LogP contribution in [0.2, 0.25) is 0 Å². The first-order chi connectivity index (χ1) is 9.22. The van der Waals surface area contributed by atoms with Crippen LogP contribution >= 0.6 is 0 Å². The van der Waals surface area contributed by atoms with Crippen molar-refractivity contribution in [1.82, 2.24) is 14.7 Å². The number of aromatic nitrogens is 2. The first kappa shape index (κ1) is 11.9. The van der Waals surface area contributed by atoms with E-state index in [0.717, 1.165) is 19.6 Å². The molecule has 1 fully saturated rings. The van der Waals surface area contributed by atoms with Gasteiger partial charge in [-0.25, -0.2) is 0 Å². The number of likely N-dealkylation sites (tertiary alicyclic amines) is 1. The molecule has 2 aromatic rings. The van der Waals surface area contributed by atoms with E-state index in [1.165, 1.54) is 11.8 Å². The summed E-state index contributed by atoms with van der Waals surface area (Å²) in [5.74, 6) is -0.424. The van der Waals surface area contributed by atoms with Crippen molar-refractivity contribution in [3.8, 4) is 0 Å². The molecule has 5 nitrogen and oxygen atoms in total. The zero-order valence-corrected chi connectivity index (χ0v) is 10.6. The Hall–Kier alpha value is -2.14. The maximum absolute atomic E-state index is 11.0. The lowest BCUT2D eigenvalue weighted by molar-refractivity contribution is 0.0906. The van der Waals surface area contributed by atoms with Gasteiger partial charge in [-0.2, -0.15) is 5.10 Å². The van der Waals surface area contributed by atoms with Crippen LogP contribution in [-0.2, 0) is 6.54 Å². The van der Waals surface area contributed by atoms with Crippen molar-refractivity contribution >= 4 is 5.91 Å². The van der Waals surface area contributed by atoms with Gasteiger partial charge in [-0.3, -0.25) is 14.4 Å². The van der Waals surface area contributed by atoms with E-state index >= 15 is 0 Å². The second-order valence-corrected chi connectivity index (χ2v) is 4.91. The Labute approximate surface area is 111 Å². The minimum atomic E-state index is -0.424. The summed E-state index contributed by atoms with van der Waals surface area (Å²) in [6.45, 7) is 2.87. The molecule has 1 aromatic carbocycles. The van der Waals surface area contributed by atoms with E-state index < -0.39 is 5.91 Å². The van der Waals surface area contributed by atoms with E-state index in [9.17, 15) is 4.79 Å². The number of amides is 1. The van der Waals surface area contributed by atoms with Crippen LogP contribution in [0.15, 0.2) is 42.7 Å². The molecule has 0 aliphatic carbocycles. The standard InChI is InChI=1S/C14H16N4O/c15-14(19)12-6-16-18(8-12)13-9-17(10-13)7-11-4-2-1-3-5-11/h1-6,8,13H,7,9-10H2,(H2,15,19). The summed E-state index contributed by atoms with van der Waals surface area (Å²) in [6.07, 6.45) is 3.26. The minimum absolute atomic E-state index is 0.344. The van der Waals surface area contributed by atoms with Crippen LogP contribution in [-0.4, -0.2) is 33.7 Å². The highest BCUT2D eigenvalue weighted by Gasteiger charge is 2.28. The summed E-state index contributed by atoms with van der Waals surface area (Å²) in [5.41, 5.74) is 7.01. The molecule has 0 bridgehead atoms. The molecule has 3 rings (SSSR count). The van der Waals surface area contributed by atoms with Crippen LogP contribution in [0.4, 0.5) is 0 Å². The van der Waals surface area contributed by atoms with Crippen molar-refractivity contribution < 1.29 is 4.79 Å². The number of primary amides is 1. The fraction of sp³-hybridized carbons (Fsp3) is 0.286. The lowest BCUT2D eigenvalue weighted by Crippen LogP contribution is -2.47. The van der Waals surface area contributed by atoms with Crippen molar-refractivity contribution in [2.45, 2.75) is 12.6 Å². The highest BCUT2D eigenvalue weighted by atomic mass is 16.1. The van der Waals surface area contributed by atoms with Crippen molar-refractivity contribution in [3.05, 3.63) is 53.9 Å². The first-order valence-corrected chi connectivity index (χ1v) is 6.32. The smallest absolute Gasteiger partial charge is 0.251 e. The predicted octanol–water partition coefficient (Wildman–Crippen LogP) is 1.04. The van der Waals surface area contributed by atoms with Gasteiger partial charge in [0.1, 0.15) is 0 Å². The molecule has 1 aliphatic rings. The summed E-state index contributed by atoms with van der Waals surface area (Å²) in [6, 6.07) is 10.7. The number of hydrogen-bond donors (Lipinski definition) is 1. The van der Waals surface area contributed by atoms with Crippen molar-refractivity contribution in [3.63, 3.8) is 0 Å². The third-order valence-electron chi connectivity index (χ3n) is 3.45.